The Bertz CT molecular complexity index is 857. The van der Waals surface area contributed by atoms with Gasteiger partial charge in [-0.25, -0.2) is 0 Å². The van der Waals surface area contributed by atoms with Crippen LogP contribution < -0.4 is 10.1 Å². The molecule has 0 spiro atoms. The van der Waals surface area contributed by atoms with Gasteiger partial charge < -0.3 is 10.1 Å². The minimum Gasteiger partial charge on any atom is -0.481 e. The van der Waals surface area contributed by atoms with E-state index in [1.165, 1.54) is 30.3 Å². The highest BCUT2D eigenvalue weighted by atomic mass is 35.5. The highest BCUT2D eigenvalue weighted by molar-refractivity contribution is 6.36. The van der Waals surface area contributed by atoms with E-state index in [0.29, 0.717) is 5.02 Å². The number of hydrogen-bond donors (Lipinski definition) is 1. The molecule has 2 aromatic carbocycles. The fourth-order valence-electron chi connectivity index (χ4n) is 1.89. The van der Waals surface area contributed by atoms with Crippen LogP contribution in [0, 0.1) is 11.8 Å². The van der Waals surface area contributed by atoms with Crippen molar-refractivity contribution in [2.45, 2.75) is 6.18 Å². The fourth-order valence-corrected chi connectivity index (χ4v) is 2.38. The van der Waals surface area contributed by atoms with Crippen LogP contribution in [0.3, 0.4) is 0 Å². The maximum Gasteiger partial charge on any atom is 0.416 e. The predicted molar refractivity (Wildman–Crippen MR) is 93.5 cm³/mol. The molecular weight excluding hydrogens is 390 g/mol. The molecule has 2 rings (SSSR count). The Balaban J connectivity index is 1.82. The van der Waals surface area contributed by atoms with Gasteiger partial charge in [-0.2, -0.15) is 13.2 Å². The maximum absolute atomic E-state index is 12.6. The summed E-state index contributed by atoms with van der Waals surface area (Å²) in [6, 6.07) is 8.98. The lowest BCUT2D eigenvalue weighted by Gasteiger charge is -2.08. The third-order valence-corrected chi connectivity index (χ3v) is 3.66. The van der Waals surface area contributed by atoms with Crippen LogP contribution in [0.2, 0.25) is 10.0 Å². The van der Waals surface area contributed by atoms with E-state index in [2.05, 4.69) is 17.2 Å². The summed E-state index contributed by atoms with van der Waals surface area (Å²) >= 11 is 11.7. The second-order valence-electron chi connectivity index (χ2n) is 4.97. The van der Waals surface area contributed by atoms with Gasteiger partial charge in [-0.3, -0.25) is 4.79 Å². The molecule has 8 heteroatoms. The molecule has 0 bridgehead atoms. The van der Waals surface area contributed by atoms with Crippen molar-refractivity contribution in [2.24, 2.45) is 0 Å². The van der Waals surface area contributed by atoms with Crippen LogP contribution in [0.15, 0.2) is 42.5 Å². The number of halogens is 5. The van der Waals surface area contributed by atoms with Gasteiger partial charge >= 0.3 is 6.18 Å². The lowest BCUT2D eigenvalue weighted by Crippen LogP contribution is -2.23. The minimum absolute atomic E-state index is 0.0315. The Kier molecular flexibility index (Phi) is 6.78. The topological polar surface area (TPSA) is 38.3 Å². The van der Waals surface area contributed by atoms with E-state index in [9.17, 15) is 18.0 Å². The lowest BCUT2D eigenvalue weighted by molar-refractivity contribution is -0.137. The van der Waals surface area contributed by atoms with Crippen LogP contribution in [-0.2, 0) is 6.18 Å². The van der Waals surface area contributed by atoms with Crippen molar-refractivity contribution in [1.29, 1.82) is 0 Å². The molecule has 0 radical (unpaired) electrons. The summed E-state index contributed by atoms with van der Waals surface area (Å²) < 4.78 is 42.9. The molecule has 3 nitrogen and oxygen atoms in total. The van der Waals surface area contributed by atoms with Crippen LogP contribution in [0.1, 0.15) is 15.9 Å². The van der Waals surface area contributed by atoms with E-state index >= 15 is 0 Å². The van der Waals surface area contributed by atoms with Crippen molar-refractivity contribution in [3.8, 4) is 17.6 Å². The first-order valence-electron chi connectivity index (χ1n) is 7.26. The number of rotatable bonds is 4. The summed E-state index contributed by atoms with van der Waals surface area (Å²) in [6.07, 6.45) is -4.43. The summed E-state index contributed by atoms with van der Waals surface area (Å²) in [5.41, 5.74) is -0.534. The Labute approximate surface area is 158 Å². The zero-order chi connectivity index (χ0) is 19.2. The molecule has 0 atom stereocenters. The summed E-state index contributed by atoms with van der Waals surface area (Å²) in [6.45, 7) is -0.0807. The molecule has 2 aromatic rings. The highest BCUT2D eigenvalue weighted by Gasteiger charge is 2.30. The van der Waals surface area contributed by atoms with Gasteiger partial charge in [0.15, 0.2) is 0 Å². The highest BCUT2D eigenvalue weighted by Crippen LogP contribution is 2.31. The number of benzene rings is 2. The molecule has 1 amide bonds. The molecule has 0 unspecified atom stereocenters. The van der Waals surface area contributed by atoms with Gasteiger partial charge in [-0.1, -0.05) is 41.1 Å². The first-order chi connectivity index (χ1) is 12.3. The summed E-state index contributed by atoms with van der Waals surface area (Å²) in [4.78, 5) is 11.9. The van der Waals surface area contributed by atoms with E-state index in [-0.39, 0.29) is 29.5 Å². The zero-order valence-electron chi connectivity index (χ0n) is 13.2. The third-order valence-electron chi connectivity index (χ3n) is 3.11. The second-order valence-corrected chi connectivity index (χ2v) is 5.82. The molecule has 26 heavy (non-hydrogen) atoms. The quantitative estimate of drug-likeness (QED) is 0.745. The van der Waals surface area contributed by atoms with E-state index in [1.807, 2.05) is 0 Å². The fraction of sp³-hybridized carbons (Fsp3) is 0.167. The van der Waals surface area contributed by atoms with E-state index in [1.54, 1.807) is 0 Å². The van der Waals surface area contributed by atoms with Gasteiger partial charge in [0.1, 0.15) is 12.4 Å². The van der Waals surface area contributed by atoms with Gasteiger partial charge in [0.05, 0.1) is 22.7 Å². The Morgan fingerprint density at radius 1 is 1.12 bits per heavy atom. The van der Waals surface area contributed by atoms with Gasteiger partial charge in [0.2, 0.25) is 0 Å². The minimum atomic E-state index is -4.43. The molecule has 0 fully saturated rings. The van der Waals surface area contributed by atoms with Crippen LogP contribution in [0.25, 0.3) is 0 Å². The number of carbonyl (C=O) groups is 1. The molecule has 0 aliphatic heterocycles. The number of amides is 1. The Morgan fingerprint density at radius 3 is 2.58 bits per heavy atom. The van der Waals surface area contributed by atoms with Crippen LogP contribution in [-0.4, -0.2) is 19.1 Å². The van der Waals surface area contributed by atoms with E-state index in [0.717, 1.165) is 12.1 Å². The predicted octanol–water partition coefficient (Wildman–Crippen LogP) is 4.82. The average Bonchev–Trinajstić information content (AvgIpc) is 2.57. The van der Waals surface area contributed by atoms with Crippen LogP contribution in [0.5, 0.6) is 5.75 Å². The van der Waals surface area contributed by atoms with Crippen molar-refractivity contribution in [3.63, 3.8) is 0 Å². The number of nitrogens with one attached hydrogen (secondary N) is 1. The molecule has 0 aliphatic carbocycles. The van der Waals surface area contributed by atoms with E-state index < -0.39 is 17.6 Å². The van der Waals surface area contributed by atoms with Crippen molar-refractivity contribution < 1.29 is 22.7 Å². The lowest BCUT2D eigenvalue weighted by atomic mass is 10.2. The molecule has 1 N–H and O–H groups in total. The second kappa shape index (κ2) is 8.84. The van der Waals surface area contributed by atoms with Crippen LogP contribution in [0.4, 0.5) is 13.2 Å². The molecule has 0 heterocycles. The zero-order valence-corrected chi connectivity index (χ0v) is 14.7. The Hall–Kier alpha value is -2.36. The normalized spacial score (nSPS) is 10.7. The first kappa shape index (κ1) is 20.0. The summed E-state index contributed by atoms with van der Waals surface area (Å²) in [5, 5.41) is 3.18. The van der Waals surface area contributed by atoms with Crippen LogP contribution >= 0.6 is 23.2 Å². The number of ether oxygens (including phenoxy) is 1. The Morgan fingerprint density at radius 2 is 1.88 bits per heavy atom. The van der Waals surface area contributed by atoms with Crippen molar-refractivity contribution >= 4 is 29.1 Å². The van der Waals surface area contributed by atoms with Gasteiger partial charge in [0.25, 0.3) is 5.91 Å². The summed E-state index contributed by atoms with van der Waals surface area (Å²) in [5.74, 6) is 4.88. The molecule has 136 valence electrons. The number of carbonyl (C=O) groups excluding carboxylic acids is 1. The maximum atomic E-state index is 12.6. The van der Waals surface area contributed by atoms with Gasteiger partial charge in [0, 0.05) is 5.02 Å². The average molecular weight is 402 g/mol. The molecule has 0 saturated carbocycles. The van der Waals surface area contributed by atoms with Crippen molar-refractivity contribution in [3.05, 3.63) is 63.6 Å². The largest absolute Gasteiger partial charge is 0.481 e. The van der Waals surface area contributed by atoms with Crippen molar-refractivity contribution in [1.82, 2.24) is 5.32 Å². The standard InChI is InChI=1S/C18H12Cl2F3NO2/c19-13-6-7-15(16(20)11-13)17(25)24-8-1-2-9-26-14-5-3-4-12(10-14)18(21,22)23/h3-7,10-11H,8-9H2,(H,24,25). The molecule has 0 aromatic heterocycles. The molecule has 0 saturated heterocycles. The van der Waals surface area contributed by atoms with Gasteiger partial charge in [-0.05, 0) is 36.4 Å². The van der Waals surface area contributed by atoms with Gasteiger partial charge in [-0.15, -0.1) is 0 Å². The SMILES string of the molecule is O=C(NCC#CCOc1cccc(C(F)(F)F)c1)c1ccc(Cl)cc1Cl. The van der Waals surface area contributed by atoms with Crippen molar-refractivity contribution in [2.75, 3.05) is 13.2 Å². The smallest absolute Gasteiger partial charge is 0.416 e. The third kappa shape index (κ3) is 5.87. The summed E-state index contributed by atoms with van der Waals surface area (Å²) in [7, 11) is 0. The molecule has 0 aliphatic rings. The molecular formula is C18H12Cl2F3NO2. The van der Waals surface area contributed by atoms with E-state index in [4.69, 9.17) is 27.9 Å². The number of hydrogen-bond acceptors (Lipinski definition) is 2. The first-order valence-corrected chi connectivity index (χ1v) is 8.02. The number of alkyl halides is 3. The monoisotopic (exact) mass is 401 g/mol.